The highest BCUT2D eigenvalue weighted by molar-refractivity contribution is 6.00. The fourth-order valence-corrected chi connectivity index (χ4v) is 3.82. The molecule has 2 saturated heterocycles. The smallest absolute Gasteiger partial charge is 0.267 e. The quantitative estimate of drug-likeness (QED) is 0.536. The molecule has 0 bridgehead atoms. The number of phenolic OH excluding ortho intramolecular Hbond substituents is 1. The van der Waals surface area contributed by atoms with Crippen molar-refractivity contribution in [3.8, 4) is 11.5 Å². The third-order valence-corrected chi connectivity index (χ3v) is 5.64. The van der Waals surface area contributed by atoms with E-state index in [4.69, 9.17) is 4.74 Å². The summed E-state index contributed by atoms with van der Waals surface area (Å²) in [4.78, 5) is 50.7. The maximum absolute atomic E-state index is 12.7. The molecule has 2 aliphatic heterocycles. The van der Waals surface area contributed by atoms with Crippen molar-refractivity contribution in [2.45, 2.75) is 18.9 Å². The number of rotatable bonds is 5. The molecular weight excluding hydrogens is 414 g/mol. The monoisotopic (exact) mass is 437 g/mol. The molecule has 2 aromatic carbocycles. The van der Waals surface area contributed by atoms with Gasteiger partial charge in [-0.1, -0.05) is 0 Å². The van der Waals surface area contributed by atoms with Crippen LogP contribution in [0.15, 0.2) is 42.5 Å². The second kappa shape index (κ2) is 9.09. The van der Waals surface area contributed by atoms with E-state index in [1.165, 1.54) is 18.2 Å². The minimum atomic E-state index is -0.673. The fourth-order valence-electron chi connectivity index (χ4n) is 3.82. The summed E-state index contributed by atoms with van der Waals surface area (Å²) in [5.41, 5.74) is 1.43. The zero-order valence-corrected chi connectivity index (χ0v) is 17.3. The van der Waals surface area contributed by atoms with Gasteiger partial charge in [0.1, 0.15) is 11.5 Å². The molecule has 32 heavy (non-hydrogen) atoms. The first-order valence-electron chi connectivity index (χ1n) is 10.4. The van der Waals surface area contributed by atoms with E-state index >= 15 is 0 Å². The van der Waals surface area contributed by atoms with Crippen molar-refractivity contribution in [3.63, 3.8) is 0 Å². The van der Waals surface area contributed by atoms with E-state index < -0.39 is 12.0 Å². The molecule has 0 spiro atoms. The SMILES string of the molecule is O=Cc1cc(C(=O)N2CCN(c3ccc(OC4CCC(=O)NC4=O)cc3)CC2)ccc1O. The minimum absolute atomic E-state index is 0.0918. The molecule has 2 aliphatic rings. The lowest BCUT2D eigenvalue weighted by molar-refractivity contribution is -0.138. The van der Waals surface area contributed by atoms with E-state index in [-0.39, 0.29) is 29.5 Å². The molecule has 166 valence electrons. The molecule has 4 rings (SSSR count). The number of aromatic hydroxyl groups is 1. The highest BCUT2D eigenvalue weighted by Gasteiger charge is 2.28. The predicted octanol–water partition coefficient (Wildman–Crippen LogP) is 1.35. The molecular formula is C23H23N3O6. The number of amides is 3. The number of piperidine rings is 1. The maximum atomic E-state index is 12.7. The van der Waals surface area contributed by atoms with Gasteiger partial charge in [0, 0.05) is 50.3 Å². The Labute approximate surface area is 184 Å². The first-order valence-corrected chi connectivity index (χ1v) is 10.4. The van der Waals surface area contributed by atoms with Crippen molar-refractivity contribution < 1.29 is 29.0 Å². The van der Waals surface area contributed by atoms with Gasteiger partial charge in [-0.05, 0) is 42.5 Å². The van der Waals surface area contributed by atoms with Gasteiger partial charge in [0.15, 0.2) is 12.4 Å². The first-order chi connectivity index (χ1) is 15.4. The molecule has 9 heteroatoms. The summed E-state index contributed by atoms with van der Waals surface area (Å²) in [6.07, 6.45) is 0.473. The molecule has 0 saturated carbocycles. The first kappa shape index (κ1) is 21.4. The number of hydrogen-bond acceptors (Lipinski definition) is 7. The van der Waals surface area contributed by atoms with Crippen LogP contribution in [0.5, 0.6) is 11.5 Å². The van der Waals surface area contributed by atoms with Gasteiger partial charge < -0.3 is 19.6 Å². The van der Waals surface area contributed by atoms with E-state index in [1.807, 2.05) is 12.1 Å². The Kier molecular flexibility index (Phi) is 6.07. The average molecular weight is 437 g/mol. The van der Waals surface area contributed by atoms with Crippen molar-refractivity contribution in [3.05, 3.63) is 53.6 Å². The second-order valence-corrected chi connectivity index (χ2v) is 7.72. The highest BCUT2D eigenvalue weighted by atomic mass is 16.5. The minimum Gasteiger partial charge on any atom is -0.507 e. The maximum Gasteiger partial charge on any atom is 0.267 e. The molecule has 1 unspecified atom stereocenters. The number of ether oxygens (including phenoxy) is 1. The molecule has 9 nitrogen and oxygen atoms in total. The van der Waals surface area contributed by atoms with Gasteiger partial charge in [-0.25, -0.2) is 0 Å². The zero-order valence-electron chi connectivity index (χ0n) is 17.3. The Balaban J connectivity index is 1.33. The van der Waals surface area contributed by atoms with E-state index in [2.05, 4.69) is 10.2 Å². The number of piperazine rings is 1. The van der Waals surface area contributed by atoms with Crippen molar-refractivity contribution in [1.29, 1.82) is 0 Å². The molecule has 0 radical (unpaired) electrons. The molecule has 1 atom stereocenters. The van der Waals surface area contributed by atoms with Gasteiger partial charge in [-0.2, -0.15) is 0 Å². The summed E-state index contributed by atoms with van der Waals surface area (Å²) >= 11 is 0. The Morgan fingerprint density at radius 2 is 1.78 bits per heavy atom. The molecule has 2 aromatic rings. The summed E-state index contributed by atoms with van der Waals surface area (Å²) in [5, 5.41) is 11.9. The van der Waals surface area contributed by atoms with Crippen molar-refractivity contribution in [2.24, 2.45) is 0 Å². The van der Waals surface area contributed by atoms with Crippen LogP contribution in [-0.2, 0) is 9.59 Å². The van der Waals surface area contributed by atoms with Gasteiger partial charge in [0.2, 0.25) is 5.91 Å². The molecule has 2 N–H and O–H groups in total. The lowest BCUT2D eigenvalue weighted by atomic mass is 10.1. The topological polar surface area (TPSA) is 116 Å². The van der Waals surface area contributed by atoms with Gasteiger partial charge in [0.25, 0.3) is 11.8 Å². The van der Waals surface area contributed by atoms with Crippen LogP contribution in [0.4, 0.5) is 5.69 Å². The number of carbonyl (C=O) groups excluding carboxylic acids is 4. The van der Waals surface area contributed by atoms with Crippen LogP contribution in [0.2, 0.25) is 0 Å². The van der Waals surface area contributed by atoms with E-state index in [0.29, 0.717) is 50.2 Å². The zero-order chi connectivity index (χ0) is 22.7. The average Bonchev–Trinajstić information content (AvgIpc) is 2.81. The summed E-state index contributed by atoms with van der Waals surface area (Å²) < 4.78 is 5.70. The molecule has 2 fully saturated rings. The predicted molar refractivity (Wildman–Crippen MR) is 115 cm³/mol. The largest absolute Gasteiger partial charge is 0.507 e. The van der Waals surface area contributed by atoms with Gasteiger partial charge in [-0.3, -0.25) is 24.5 Å². The number of benzene rings is 2. The number of phenols is 1. The lowest BCUT2D eigenvalue weighted by Gasteiger charge is -2.36. The van der Waals surface area contributed by atoms with Gasteiger partial charge in [0.05, 0.1) is 5.56 Å². The van der Waals surface area contributed by atoms with Crippen LogP contribution in [0.3, 0.4) is 0 Å². The van der Waals surface area contributed by atoms with Crippen LogP contribution in [0.25, 0.3) is 0 Å². The van der Waals surface area contributed by atoms with Crippen LogP contribution in [0, 0.1) is 0 Å². The van der Waals surface area contributed by atoms with Crippen molar-refractivity contribution in [2.75, 3.05) is 31.1 Å². The lowest BCUT2D eigenvalue weighted by Crippen LogP contribution is -2.48. The van der Waals surface area contributed by atoms with Crippen LogP contribution in [-0.4, -0.2) is 66.3 Å². The Hall–Kier alpha value is -3.88. The summed E-state index contributed by atoms with van der Waals surface area (Å²) in [5.74, 6) is -0.472. The van der Waals surface area contributed by atoms with Gasteiger partial charge in [-0.15, -0.1) is 0 Å². The normalized spacial score (nSPS) is 18.8. The van der Waals surface area contributed by atoms with Gasteiger partial charge >= 0.3 is 0 Å². The van der Waals surface area contributed by atoms with Crippen LogP contribution >= 0.6 is 0 Å². The Bertz CT molecular complexity index is 1040. The fraction of sp³-hybridized carbons (Fsp3) is 0.304. The number of aldehydes is 1. The number of hydrogen-bond donors (Lipinski definition) is 2. The standard InChI is InChI=1S/C23H23N3O6/c27-14-16-13-15(1-6-19(16)28)23(31)26-11-9-25(10-12-26)17-2-4-18(5-3-17)32-20-7-8-21(29)24-22(20)30/h1-6,13-14,20,28H,7-12H2,(H,24,29,30). The summed E-state index contributed by atoms with van der Waals surface area (Å²) in [6, 6.07) is 11.6. The second-order valence-electron chi connectivity index (χ2n) is 7.72. The third kappa shape index (κ3) is 4.56. The highest BCUT2D eigenvalue weighted by Crippen LogP contribution is 2.24. The molecule has 2 heterocycles. The third-order valence-electron chi connectivity index (χ3n) is 5.64. The molecule has 0 aliphatic carbocycles. The molecule has 0 aromatic heterocycles. The Morgan fingerprint density at radius 1 is 1.06 bits per heavy atom. The number of nitrogens with zero attached hydrogens (tertiary/aromatic N) is 2. The number of anilines is 1. The van der Waals surface area contributed by atoms with E-state index in [1.54, 1.807) is 17.0 Å². The van der Waals surface area contributed by atoms with Crippen molar-refractivity contribution in [1.82, 2.24) is 10.2 Å². The number of carbonyl (C=O) groups is 4. The van der Waals surface area contributed by atoms with E-state index in [9.17, 15) is 24.3 Å². The van der Waals surface area contributed by atoms with E-state index in [0.717, 1.165) is 5.69 Å². The Morgan fingerprint density at radius 3 is 2.44 bits per heavy atom. The van der Waals surface area contributed by atoms with Crippen LogP contribution in [0.1, 0.15) is 33.6 Å². The van der Waals surface area contributed by atoms with Crippen molar-refractivity contribution >= 4 is 29.7 Å². The molecule has 3 amide bonds. The summed E-state index contributed by atoms with van der Waals surface area (Å²) in [7, 11) is 0. The number of imide groups is 1. The number of nitrogens with one attached hydrogen (secondary N) is 1. The van der Waals surface area contributed by atoms with Crippen LogP contribution < -0.4 is 15.0 Å². The summed E-state index contributed by atoms with van der Waals surface area (Å²) in [6.45, 7) is 2.31.